The first-order valence-corrected chi connectivity index (χ1v) is 7.50. The molecular weight excluding hydrogens is 307 g/mol. The van der Waals surface area contributed by atoms with Gasteiger partial charge in [0.1, 0.15) is 0 Å². The lowest BCUT2D eigenvalue weighted by Gasteiger charge is -2.32. The van der Waals surface area contributed by atoms with Gasteiger partial charge in [0.15, 0.2) is 0 Å². The molecule has 0 radical (unpaired) electrons. The van der Waals surface area contributed by atoms with Crippen LogP contribution in [0.15, 0.2) is 42.5 Å². The molecule has 0 heterocycles. The molecule has 2 N–H and O–H groups in total. The lowest BCUT2D eigenvalue weighted by atomic mass is 9.75. The number of aliphatic hydroxyl groups is 2. The quantitative estimate of drug-likeness (QED) is 0.879. The summed E-state index contributed by atoms with van der Waals surface area (Å²) in [7, 11) is 0. The van der Waals surface area contributed by atoms with Crippen molar-refractivity contribution in [2.24, 2.45) is 0 Å². The Bertz CT molecular complexity index is 622. The Labute approximate surface area is 135 Å². The number of benzene rings is 2. The van der Waals surface area contributed by atoms with E-state index in [-0.39, 0.29) is 13.2 Å². The van der Waals surface area contributed by atoms with Crippen LogP contribution in [0.2, 0.25) is 10.0 Å². The Morgan fingerprint density at radius 1 is 0.952 bits per heavy atom. The molecule has 2 nitrogen and oxygen atoms in total. The molecule has 0 amide bonds. The Balaban J connectivity index is 2.43. The van der Waals surface area contributed by atoms with Gasteiger partial charge in [-0.25, -0.2) is 0 Å². The van der Waals surface area contributed by atoms with Crippen molar-refractivity contribution in [3.8, 4) is 0 Å². The van der Waals surface area contributed by atoms with Crippen molar-refractivity contribution in [3.63, 3.8) is 0 Å². The van der Waals surface area contributed by atoms with Crippen molar-refractivity contribution in [3.05, 3.63) is 69.2 Å². The summed E-state index contributed by atoms with van der Waals surface area (Å²) in [6.07, 6.45) is 0.488. The zero-order chi connectivity index (χ0) is 15.5. The SMILES string of the molecule is Cc1ccccc1C(CO)(CO)Cc1ccc(Cl)c(Cl)c1. The third kappa shape index (κ3) is 3.41. The van der Waals surface area contributed by atoms with Crippen LogP contribution in [0.25, 0.3) is 0 Å². The second kappa shape index (κ2) is 6.80. The number of aliphatic hydroxyl groups excluding tert-OH is 2. The maximum absolute atomic E-state index is 9.92. The topological polar surface area (TPSA) is 40.5 Å². The van der Waals surface area contributed by atoms with Crippen molar-refractivity contribution in [1.29, 1.82) is 0 Å². The lowest BCUT2D eigenvalue weighted by molar-refractivity contribution is 0.116. The zero-order valence-corrected chi connectivity index (χ0v) is 13.3. The molecule has 0 atom stereocenters. The number of aryl methyl sites for hydroxylation is 1. The average Bonchev–Trinajstić information content (AvgIpc) is 2.49. The molecule has 2 rings (SSSR count). The van der Waals surface area contributed by atoms with E-state index in [1.165, 1.54) is 0 Å². The molecule has 0 aliphatic rings. The molecule has 0 aliphatic carbocycles. The highest BCUT2D eigenvalue weighted by Crippen LogP contribution is 2.32. The summed E-state index contributed by atoms with van der Waals surface area (Å²) in [5.74, 6) is 0. The number of hydrogen-bond acceptors (Lipinski definition) is 2. The molecule has 0 bridgehead atoms. The smallest absolute Gasteiger partial charge is 0.0595 e. The number of hydrogen-bond donors (Lipinski definition) is 2. The predicted molar refractivity (Wildman–Crippen MR) is 87.2 cm³/mol. The van der Waals surface area contributed by atoms with Crippen LogP contribution >= 0.6 is 23.2 Å². The second-order valence-electron chi connectivity index (χ2n) is 5.34. The molecular formula is C17H18Cl2O2. The highest BCUT2D eigenvalue weighted by molar-refractivity contribution is 6.42. The molecule has 0 aromatic heterocycles. The number of halogens is 2. The van der Waals surface area contributed by atoms with Crippen LogP contribution in [0, 0.1) is 6.92 Å². The summed E-state index contributed by atoms with van der Waals surface area (Å²) in [5.41, 5.74) is 2.18. The largest absolute Gasteiger partial charge is 0.395 e. The molecule has 2 aromatic rings. The fourth-order valence-corrected chi connectivity index (χ4v) is 2.96. The highest BCUT2D eigenvalue weighted by Gasteiger charge is 2.32. The summed E-state index contributed by atoms with van der Waals surface area (Å²) >= 11 is 12.0. The van der Waals surface area contributed by atoms with Crippen molar-refractivity contribution >= 4 is 23.2 Å². The van der Waals surface area contributed by atoms with Gasteiger partial charge in [0.05, 0.1) is 23.3 Å². The summed E-state index contributed by atoms with van der Waals surface area (Å²) in [6.45, 7) is 1.69. The van der Waals surface area contributed by atoms with Gasteiger partial charge >= 0.3 is 0 Å². The Morgan fingerprint density at radius 2 is 1.62 bits per heavy atom. The second-order valence-corrected chi connectivity index (χ2v) is 6.15. The molecule has 0 fully saturated rings. The standard InChI is InChI=1S/C17H18Cl2O2/c1-12-4-2-3-5-14(12)17(10-20,11-21)9-13-6-7-15(18)16(19)8-13/h2-8,20-21H,9-11H2,1H3. The molecule has 0 aliphatic heterocycles. The van der Waals surface area contributed by atoms with Crippen LogP contribution in [0.1, 0.15) is 16.7 Å². The van der Waals surface area contributed by atoms with Crippen molar-refractivity contribution in [2.75, 3.05) is 13.2 Å². The highest BCUT2D eigenvalue weighted by atomic mass is 35.5. The van der Waals surface area contributed by atoms with Gasteiger partial charge in [-0.2, -0.15) is 0 Å². The molecule has 0 saturated carbocycles. The minimum atomic E-state index is -0.734. The maximum atomic E-state index is 9.92. The number of rotatable bonds is 5. The fourth-order valence-electron chi connectivity index (χ4n) is 2.64. The molecule has 0 saturated heterocycles. The Hall–Kier alpha value is -1.06. The molecule has 2 aromatic carbocycles. The van der Waals surface area contributed by atoms with E-state index in [9.17, 15) is 10.2 Å². The average molecular weight is 325 g/mol. The Morgan fingerprint density at radius 3 is 2.19 bits per heavy atom. The van der Waals surface area contributed by atoms with Crippen LogP contribution in [0.3, 0.4) is 0 Å². The fraction of sp³-hybridized carbons (Fsp3) is 0.294. The van der Waals surface area contributed by atoms with Gasteiger partial charge in [-0.3, -0.25) is 0 Å². The van der Waals surface area contributed by atoms with E-state index in [0.29, 0.717) is 16.5 Å². The van der Waals surface area contributed by atoms with E-state index in [4.69, 9.17) is 23.2 Å². The normalized spacial score (nSPS) is 11.7. The third-order valence-electron chi connectivity index (χ3n) is 3.85. The molecule has 0 spiro atoms. The molecule has 112 valence electrons. The van der Waals surface area contributed by atoms with Gasteiger partial charge in [-0.1, -0.05) is 53.5 Å². The summed E-state index contributed by atoms with van der Waals surface area (Å²) in [4.78, 5) is 0. The zero-order valence-electron chi connectivity index (χ0n) is 11.8. The van der Waals surface area contributed by atoms with Gasteiger partial charge in [0.2, 0.25) is 0 Å². The lowest BCUT2D eigenvalue weighted by Crippen LogP contribution is -2.38. The van der Waals surface area contributed by atoms with Gasteiger partial charge in [0, 0.05) is 5.41 Å². The van der Waals surface area contributed by atoms with Crippen LogP contribution in [-0.2, 0) is 11.8 Å². The van der Waals surface area contributed by atoms with Crippen LogP contribution in [0.5, 0.6) is 0 Å². The maximum Gasteiger partial charge on any atom is 0.0595 e. The van der Waals surface area contributed by atoms with Crippen LogP contribution in [0.4, 0.5) is 0 Å². The van der Waals surface area contributed by atoms with E-state index in [0.717, 1.165) is 16.7 Å². The summed E-state index contributed by atoms with van der Waals surface area (Å²) in [6, 6.07) is 13.2. The molecule has 4 heteroatoms. The van der Waals surface area contributed by atoms with Crippen molar-refractivity contribution in [1.82, 2.24) is 0 Å². The van der Waals surface area contributed by atoms with Crippen molar-refractivity contribution in [2.45, 2.75) is 18.8 Å². The van der Waals surface area contributed by atoms with E-state index >= 15 is 0 Å². The van der Waals surface area contributed by atoms with E-state index in [1.807, 2.05) is 37.3 Å². The predicted octanol–water partition coefficient (Wildman–Crippen LogP) is 3.77. The first-order valence-electron chi connectivity index (χ1n) is 6.74. The monoisotopic (exact) mass is 324 g/mol. The van der Waals surface area contributed by atoms with Crippen LogP contribution < -0.4 is 0 Å². The first kappa shape index (κ1) is 16.3. The summed E-state index contributed by atoms with van der Waals surface area (Å²) < 4.78 is 0. The first-order chi connectivity index (χ1) is 10.0. The van der Waals surface area contributed by atoms with Crippen molar-refractivity contribution < 1.29 is 10.2 Å². The summed E-state index contributed by atoms with van der Waals surface area (Å²) in [5, 5.41) is 20.8. The van der Waals surface area contributed by atoms with E-state index in [2.05, 4.69) is 0 Å². The minimum Gasteiger partial charge on any atom is -0.395 e. The Kier molecular flexibility index (Phi) is 5.28. The molecule has 21 heavy (non-hydrogen) atoms. The van der Waals surface area contributed by atoms with E-state index in [1.54, 1.807) is 12.1 Å². The van der Waals surface area contributed by atoms with Gasteiger partial charge in [0.25, 0.3) is 0 Å². The minimum absolute atomic E-state index is 0.144. The molecule has 0 unspecified atom stereocenters. The van der Waals surface area contributed by atoms with Gasteiger partial charge in [-0.05, 0) is 42.2 Å². The van der Waals surface area contributed by atoms with Gasteiger partial charge < -0.3 is 10.2 Å². The van der Waals surface area contributed by atoms with E-state index < -0.39 is 5.41 Å². The van der Waals surface area contributed by atoms with Crippen LogP contribution in [-0.4, -0.2) is 23.4 Å². The third-order valence-corrected chi connectivity index (χ3v) is 4.59. The van der Waals surface area contributed by atoms with Gasteiger partial charge in [-0.15, -0.1) is 0 Å².